The second-order valence-corrected chi connectivity index (χ2v) is 5.24. The molecule has 94 valence electrons. The zero-order chi connectivity index (χ0) is 12.5. The Balaban J connectivity index is 1.86. The fourth-order valence-electron chi connectivity index (χ4n) is 2.70. The van der Waals surface area contributed by atoms with Crippen LogP contribution in [0.15, 0.2) is 30.5 Å². The molecule has 0 bridgehead atoms. The van der Waals surface area contributed by atoms with E-state index in [2.05, 4.69) is 40.7 Å². The highest BCUT2D eigenvalue weighted by atomic mass is 15.1. The van der Waals surface area contributed by atoms with Crippen LogP contribution in [-0.2, 0) is 19.4 Å². The van der Waals surface area contributed by atoms with Crippen molar-refractivity contribution in [1.29, 1.82) is 0 Å². The molecule has 1 aliphatic rings. The zero-order valence-electron chi connectivity index (χ0n) is 10.8. The van der Waals surface area contributed by atoms with E-state index in [4.69, 9.17) is 5.73 Å². The molecule has 0 saturated carbocycles. The van der Waals surface area contributed by atoms with E-state index in [9.17, 15) is 0 Å². The molecule has 3 nitrogen and oxygen atoms in total. The molecule has 18 heavy (non-hydrogen) atoms. The van der Waals surface area contributed by atoms with Crippen molar-refractivity contribution in [2.75, 3.05) is 0 Å². The molecule has 1 aliphatic heterocycles. The number of imidazole rings is 1. The summed E-state index contributed by atoms with van der Waals surface area (Å²) in [6.07, 6.45) is 4.92. The maximum atomic E-state index is 5.99. The van der Waals surface area contributed by atoms with E-state index in [0.717, 1.165) is 25.8 Å². The molecule has 0 fully saturated rings. The van der Waals surface area contributed by atoms with E-state index in [0.29, 0.717) is 6.04 Å². The average Bonchev–Trinajstić information content (AvgIpc) is 2.72. The Labute approximate surface area is 108 Å². The van der Waals surface area contributed by atoms with Crippen molar-refractivity contribution in [2.45, 2.75) is 38.8 Å². The SMILES string of the molecule is Cc1cccc(Cc2ncc3n2CCC(N)C3)c1. The predicted octanol–water partition coefficient (Wildman–Crippen LogP) is 2.06. The fraction of sp³-hybridized carbons (Fsp3) is 0.400. The fourth-order valence-corrected chi connectivity index (χ4v) is 2.70. The molecule has 0 spiro atoms. The van der Waals surface area contributed by atoms with Crippen LogP contribution in [0.5, 0.6) is 0 Å². The molecule has 1 atom stereocenters. The largest absolute Gasteiger partial charge is 0.332 e. The minimum absolute atomic E-state index is 0.306. The summed E-state index contributed by atoms with van der Waals surface area (Å²) in [7, 11) is 0. The number of hydrogen-bond acceptors (Lipinski definition) is 2. The lowest BCUT2D eigenvalue weighted by Crippen LogP contribution is -2.31. The van der Waals surface area contributed by atoms with Gasteiger partial charge >= 0.3 is 0 Å². The van der Waals surface area contributed by atoms with Crippen molar-refractivity contribution >= 4 is 0 Å². The number of hydrogen-bond donors (Lipinski definition) is 1. The molecule has 1 aromatic heterocycles. The summed E-state index contributed by atoms with van der Waals surface area (Å²) in [5.74, 6) is 1.17. The van der Waals surface area contributed by atoms with Gasteiger partial charge in [-0.1, -0.05) is 29.8 Å². The van der Waals surface area contributed by atoms with Crippen LogP contribution in [0.1, 0.15) is 29.1 Å². The van der Waals surface area contributed by atoms with Crippen molar-refractivity contribution in [3.63, 3.8) is 0 Å². The Bertz CT molecular complexity index is 557. The third-order valence-corrected chi connectivity index (χ3v) is 3.66. The number of benzene rings is 1. The van der Waals surface area contributed by atoms with E-state index < -0.39 is 0 Å². The highest BCUT2D eigenvalue weighted by Crippen LogP contribution is 2.18. The van der Waals surface area contributed by atoms with Crippen LogP contribution in [0.3, 0.4) is 0 Å². The number of nitrogens with zero attached hydrogens (tertiary/aromatic N) is 2. The van der Waals surface area contributed by atoms with Gasteiger partial charge in [0.05, 0.1) is 0 Å². The van der Waals surface area contributed by atoms with Crippen LogP contribution in [-0.4, -0.2) is 15.6 Å². The Morgan fingerprint density at radius 1 is 1.44 bits per heavy atom. The van der Waals surface area contributed by atoms with Crippen molar-refractivity contribution in [1.82, 2.24) is 9.55 Å². The first-order valence-corrected chi connectivity index (χ1v) is 6.57. The van der Waals surface area contributed by atoms with Crippen LogP contribution in [0, 0.1) is 6.92 Å². The molecule has 0 saturated heterocycles. The van der Waals surface area contributed by atoms with E-state index in [1.54, 1.807) is 0 Å². The number of fused-ring (bicyclic) bond motifs is 1. The molecule has 1 aromatic carbocycles. The van der Waals surface area contributed by atoms with Gasteiger partial charge < -0.3 is 10.3 Å². The Hall–Kier alpha value is -1.61. The minimum Gasteiger partial charge on any atom is -0.332 e. The number of aromatic nitrogens is 2. The van der Waals surface area contributed by atoms with Gasteiger partial charge in [-0.2, -0.15) is 0 Å². The summed E-state index contributed by atoms with van der Waals surface area (Å²) in [4.78, 5) is 4.56. The lowest BCUT2D eigenvalue weighted by atomic mass is 10.0. The lowest BCUT2D eigenvalue weighted by molar-refractivity contribution is 0.462. The first kappa shape index (κ1) is 11.5. The third-order valence-electron chi connectivity index (χ3n) is 3.66. The molecule has 0 radical (unpaired) electrons. The van der Waals surface area contributed by atoms with E-state index in [-0.39, 0.29) is 0 Å². The standard InChI is InChI=1S/C15H19N3/c1-11-3-2-4-12(7-11)8-15-17-10-14-9-13(16)5-6-18(14)15/h2-4,7,10,13H,5-6,8-9,16H2,1H3. The van der Waals surface area contributed by atoms with Crippen LogP contribution >= 0.6 is 0 Å². The van der Waals surface area contributed by atoms with Crippen molar-refractivity contribution in [3.05, 3.63) is 53.1 Å². The quantitative estimate of drug-likeness (QED) is 0.874. The zero-order valence-corrected chi connectivity index (χ0v) is 10.8. The highest BCUT2D eigenvalue weighted by Gasteiger charge is 2.18. The van der Waals surface area contributed by atoms with Gasteiger partial charge in [0.15, 0.2) is 0 Å². The van der Waals surface area contributed by atoms with E-state index in [1.807, 2.05) is 6.20 Å². The summed E-state index contributed by atoms with van der Waals surface area (Å²) in [6.45, 7) is 3.14. The van der Waals surface area contributed by atoms with Gasteiger partial charge in [0, 0.05) is 37.3 Å². The van der Waals surface area contributed by atoms with Crippen molar-refractivity contribution in [3.8, 4) is 0 Å². The molecule has 3 heteroatoms. The monoisotopic (exact) mass is 241 g/mol. The molecule has 0 amide bonds. The molecule has 1 unspecified atom stereocenters. The second-order valence-electron chi connectivity index (χ2n) is 5.24. The van der Waals surface area contributed by atoms with E-state index >= 15 is 0 Å². The second kappa shape index (κ2) is 4.58. The Morgan fingerprint density at radius 3 is 3.17 bits per heavy atom. The highest BCUT2D eigenvalue weighted by molar-refractivity contribution is 5.26. The number of nitrogens with two attached hydrogens (primary N) is 1. The smallest absolute Gasteiger partial charge is 0.113 e. The van der Waals surface area contributed by atoms with Gasteiger partial charge in [0.1, 0.15) is 5.82 Å². The molecule has 2 heterocycles. The molecular weight excluding hydrogens is 222 g/mol. The van der Waals surface area contributed by atoms with Crippen molar-refractivity contribution in [2.24, 2.45) is 5.73 Å². The van der Waals surface area contributed by atoms with Crippen molar-refractivity contribution < 1.29 is 0 Å². The number of rotatable bonds is 2. The molecule has 2 aromatic rings. The summed E-state index contributed by atoms with van der Waals surface area (Å²) in [5, 5.41) is 0. The third kappa shape index (κ3) is 2.18. The Kier molecular flexibility index (Phi) is 2.92. The lowest BCUT2D eigenvalue weighted by Gasteiger charge is -2.21. The van der Waals surface area contributed by atoms with Gasteiger partial charge in [0.25, 0.3) is 0 Å². The maximum Gasteiger partial charge on any atom is 0.113 e. The van der Waals surface area contributed by atoms with Crippen LogP contribution < -0.4 is 5.73 Å². The first-order valence-electron chi connectivity index (χ1n) is 6.57. The van der Waals surface area contributed by atoms with Gasteiger partial charge in [0.2, 0.25) is 0 Å². The first-order chi connectivity index (χ1) is 8.72. The number of aryl methyl sites for hydroxylation is 1. The van der Waals surface area contributed by atoms with Crippen LogP contribution in [0.25, 0.3) is 0 Å². The molecule has 0 aliphatic carbocycles. The van der Waals surface area contributed by atoms with Crippen LogP contribution in [0.2, 0.25) is 0 Å². The summed E-state index contributed by atoms with van der Waals surface area (Å²) in [6, 6.07) is 8.95. The summed E-state index contributed by atoms with van der Waals surface area (Å²) in [5.41, 5.74) is 9.92. The van der Waals surface area contributed by atoms with Crippen LogP contribution in [0.4, 0.5) is 0 Å². The minimum atomic E-state index is 0.306. The van der Waals surface area contributed by atoms with Gasteiger partial charge in [-0.05, 0) is 18.9 Å². The van der Waals surface area contributed by atoms with E-state index in [1.165, 1.54) is 22.6 Å². The Morgan fingerprint density at radius 2 is 2.33 bits per heavy atom. The van der Waals surface area contributed by atoms with Gasteiger partial charge in [-0.25, -0.2) is 4.98 Å². The molecule has 2 N–H and O–H groups in total. The van der Waals surface area contributed by atoms with Gasteiger partial charge in [-0.3, -0.25) is 0 Å². The maximum absolute atomic E-state index is 5.99. The molecular formula is C15H19N3. The normalized spacial score (nSPS) is 18.7. The summed E-state index contributed by atoms with van der Waals surface area (Å²) < 4.78 is 2.34. The molecule has 3 rings (SSSR count). The summed E-state index contributed by atoms with van der Waals surface area (Å²) >= 11 is 0. The topological polar surface area (TPSA) is 43.8 Å². The average molecular weight is 241 g/mol. The predicted molar refractivity (Wildman–Crippen MR) is 72.5 cm³/mol. The van der Waals surface area contributed by atoms with Gasteiger partial charge in [-0.15, -0.1) is 0 Å².